The highest BCUT2D eigenvalue weighted by Crippen LogP contribution is 2.51. The monoisotopic (exact) mass is 418 g/mol. The lowest BCUT2D eigenvalue weighted by atomic mass is 10.0. The fraction of sp³-hybridized carbons (Fsp3) is 1.00. The number of rotatable bonds is 21. The Bertz CT molecular complexity index is 373. The molecule has 3 nitrogen and oxygen atoms in total. The minimum atomic E-state index is -2.99. The van der Waals surface area contributed by atoms with Crippen LogP contribution in [-0.2, 0) is 13.6 Å². The van der Waals surface area contributed by atoms with E-state index >= 15 is 0 Å². The zero-order valence-corrected chi connectivity index (χ0v) is 20.7. The van der Waals surface area contributed by atoms with Crippen molar-refractivity contribution >= 4 is 7.60 Å². The van der Waals surface area contributed by atoms with Crippen LogP contribution >= 0.6 is 7.60 Å². The average molecular weight is 419 g/mol. The van der Waals surface area contributed by atoms with Gasteiger partial charge >= 0.3 is 7.60 Å². The third-order valence-corrected chi connectivity index (χ3v) is 7.94. The summed E-state index contributed by atoms with van der Waals surface area (Å²) in [5.41, 5.74) is 0. The second kappa shape index (κ2) is 19.1. The van der Waals surface area contributed by atoms with Crippen molar-refractivity contribution < 1.29 is 13.6 Å². The van der Waals surface area contributed by atoms with Crippen LogP contribution < -0.4 is 0 Å². The van der Waals surface area contributed by atoms with Crippen LogP contribution in [-0.4, -0.2) is 19.4 Å². The first-order chi connectivity index (χ1) is 13.5. The third-order valence-electron chi connectivity index (χ3n) is 5.86. The molecule has 3 unspecified atom stereocenters. The lowest BCUT2D eigenvalue weighted by Gasteiger charge is -2.25. The highest BCUT2D eigenvalue weighted by Gasteiger charge is 2.29. The minimum absolute atomic E-state index is 0.450. The summed E-state index contributed by atoms with van der Waals surface area (Å²) in [7, 11) is -2.99. The molecule has 0 rings (SSSR count). The molecule has 0 bridgehead atoms. The zero-order chi connectivity index (χ0) is 21.1. The summed E-state index contributed by atoms with van der Waals surface area (Å²) in [6.45, 7) is 12.3. The van der Waals surface area contributed by atoms with Crippen LogP contribution in [0, 0.1) is 11.8 Å². The summed E-state index contributed by atoms with van der Waals surface area (Å²) in [5, 5.41) is 0. The predicted molar refractivity (Wildman–Crippen MR) is 124 cm³/mol. The Hall–Kier alpha value is 0.150. The van der Waals surface area contributed by atoms with Gasteiger partial charge in [-0.25, -0.2) is 0 Å². The number of hydrogen-bond donors (Lipinski definition) is 0. The molecule has 3 atom stereocenters. The molecule has 0 radical (unpaired) electrons. The van der Waals surface area contributed by atoms with Gasteiger partial charge in [-0.15, -0.1) is 0 Å². The summed E-state index contributed by atoms with van der Waals surface area (Å²) in [4.78, 5) is 0. The first kappa shape index (κ1) is 28.1. The van der Waals surface area contributed by atoms with Gasteiger partial charge in [0.05, 0.1) is 19.4 Å². The highest BCUT2D eigenvalue weighted by molar-refractivity contribution is 7.53. The summed E-state index contributed by atoms with van der Waals surface area (Å²) in [6.07, 6.45) is 17.2. The Morgan fingerprint density at radius 2 is 1.18 bits per heavy atom. The lowest BCUT2D eigenvalue weighted by Crippen LogP contribution is -2.14. The molecule has 0 aliphatic rings. The molecule has 0 amide bonds. The van der Waals surface area contributed by atoms with Crippen molar-refractivity contribution in [1.29, 1.82) is 0 Å². The van der Waals surface area contributed by atoms with Gasteiger partial charge in [0.25, 0.3) is 0 Å². The fourth-order valence-corrected chi connectivity index (χ4v) is 5.78. The van der Waals surface area contributed by atoms with Crippen LogP contribution in [0.4, 0.5) is 0 Å². The molecular weight excluding hydrogens is 367 g/mol. The van der Waals surface area contributed by atoms with Gasteiger partial charge in [0.2, 0.25) is 0 Å². The number of unbranched alkanes of at least 4 members (excludes halogenated alkanes) is 7. The van der Waals surface area contributed by atoms with Crippen molar-refractivity contribution in [2.24, 2.45) is 11.8 Å². The van der Waals surface area contributed by atoms with Crippen LogP contribution in [0.25, 0.3) is 0 Å². The standard InChI is InChI=1S/C24H51O3P/c1-6-11-14-15-16-17-20-26-28(25,22-24(10-5)19-13-8-3)27-21-23(9-4)18-12-7-2/h23-24H,6-22H2,1-5H3. The Balaban J connectivity index is 4.63. The van der Waals surface area contributed by atoms with E-state index < -0.39 is 7.60 Å². The van der Waals surface area contributed by atoms with Gasteiger partial charge in [0.1, 0.15) is 0 Å². The molecule has 0 aliphatic heterocycles. The molecule has 0 heterocycles. The van der Waals surface area contributed by atoms with E-state index in [0.29, 0.717) is 31.2 Å². The second-order valence-corrected chi connectivity index (χ2v) is 10.6. The molecule has 0 saturated heterocycles. The van der Waals surface area contributed by atoms with Crippen LogP contribution in [0.2, 0.25) is 0 Å². The Morgan fingerprint density at radius 1 is 0.643 bits per heavy atom. The molecule has 0 aromatic carbocycles. The Kier molecular flexibility index (Phi) is 19.2. The summed E-state index contributed by atoms with van der Waals surface area (Å²) in [5.74, 6) is 0.952. The second-order valence-electron chi connectivity index (χ2n) is 8.52. The van der Waals surface area contributed by atoms with E-state index in [1.807, 2.05) is 0 Å². The van der Waals surface area contributed by atoms with Gasteiger partial charge in [-0.1, -0.05) is 105 Å². The molecule has 0 aromatic rings. The maximum absolute atomic E-state index is 13.5. The molecule has 0 fully saturated rings. The van der Waals surface area contributed by atoms with Gasteiger partial charge in [-0.3, -0.25) is 4.57 Å². The van der Waals surface area contributed by atoms with E-state index in [9.17, 15) is 4.57 Å². The largest absolute Gasteiger partial charge is 0.330 e. The van der Waals surface area contributed by atoms with Crippen LogP contribution in [0.3, 0.4) is 0 Å². The summed E-state index contributed by atoms with van der Waals surface area (Å²) in [6, 6.07) is 0. The average Bonchev–Trinajstić information content (AvgIpc) is 2.70. The zero-order valence-electron chi connectivity index (χ0n) is 19.8. The van der Waals surface area contributed by atoms with Crippen molar-refractivity contribution in [3.05, 3.63) is 0 Å². The van der Waals surface area contributed by atoms with Crippen LogP contribution in [0.5, 0.6) is 0 Å². The fourth-order valence-electron chi connectivity index (χ4n) is 3.58. The molecule has 28 heavy (non-hydrogen) atoms. The van der Waals surface area contributed by atoms with E-state index in [-0.39, 0.29) is 0 Å². The van der Waals surface area contributed by atoms with E-state index in [4.69, 9.17) is 9.05 Å². The summed E-state index contributed by atoms with van der Waals surface area (Å²) < 4.78 is 25.6. The molecule has 0 aromatic heterocycles. The number of hydrogen-bond acceptors (Lipinski definition) is 3. The van der Waals surface area contributed by atoms with E-state index in [2.05, 4.69) is 34.6 Å². The molecule has 170 valence electrons. The predicted octanol–water partition coefficient (Wildman–Crippen LogP) is 9.01. The Labute approximate surface area is 177 Å². The van der Waals surface area contributed by atoms with Gasteiger partial charge in [0, 0.05) is 0 Å². The SMILES string of the molecule is CCCCCCCCOP(=O)(CC(CC)CCCC)OCC(CC)CCCC. The maximum Gasteiger partial charge on any atom is 0.330 e. The van der Waals surface area contributed by atoms with E-state index in [1.165, 1.54) is 57.8 Å². The van der Waals surface area contributed by atoms with Gasteiger partial charge in [-0.05, 0) is 31.1 Å². The van der Waals surface area contributed by atoms with Gasteiger partial charge < -0.3 is 9.05 Å². The van der Waals surface area contributed by atoms with Crippen molar-refractivity contribution in [3.63, 3.8) is 0 Å². The van der Waals surface area contributed by atoms with Gasteiger partial charge in [0.15, 0.2) is 0 Å². The topological polar surface area (TPSA) is 35.5 Å². The quantitative estimate of drug-likeness (QED) is 0.138. The van der Waals surface area contributed by atoms with E-state index in [0.717, 1.165) is 32.1 Å². The van der Waals surface area contributed by atoms with Crippen molar-refractivity contribution in [2.75, 3.05) is 19.4 Å². The molecule has 4 heteroatoms. The molecular formula is C24H51O3P. The molecule has 0 saturated carbocycles. The molecule has 0 aliphatic carbocycles. The highest BCUT2D eigenvalue weighted by atomic mass is 31.2. The third kappa shape index (κ3) is 15.1. The van der Waals surface area contributed by atoms with E-state index in [1.54, 1.807) is 0 Å². The smallest absolute Gasteiger partial charge is 0.309 e. The van der Waals surface area contributed by atoms with Crippen molar-refractivity contribution in [1.82, 2.24) is 0 Å². The van der Waals surface area contributed by atoms with Gasteiger partial charge in [-0.2, -0.15) is 0 Å². The molecule has 0 N–H and O–H groups in total. The first-order valence-electron chi connectivity index (χ1n) is 12.4. The normalized spacial score (nSPS) is 16.0. The maximum atomic E-state index is 13.5. The first-order valence-corrected chi connectivity index (χ1v) is 14.2. The van der Waals surface area contributed by atoms with Crippen molar-refractivity contribution in [3.8, 4) is 0 Å². The van der Waals surface area contributed by atoms with Crippen LogP contribution in [0.15, 0.2) is 0 Å². The van der Waals surface area contributed by atoms with Crippen LogP contribution in [0.1, 0.15) is 125 Å². The molecule has 0 spiro atoms. The minimum Gasteiger partial charge on any atom is -0.309 e. The Morgan fingerprint density at radius 3 is 1.75 bits per heavy atom. The summed E-state index contributed by atoms with van der Waals surface area (Å²) >= 11 is 0. The lowest BCUT2D eigenvalue weighted by molar-refractivity contribution is 0.166. The van der Waals surface area contributed by atoms with Crippen molar-refractivity contribution in [2.45, 2.75) is 125 Å².